The zero-order valence-electron chi connectivity index (χ0n) is 15.8. The molecule has 0 amide bonds. The molecule has 1 saturated carbocycles. The van der Waals surface area contributed by atoms with Crippen LogP contribution in [0.25, 0.3) is 0 Å². The molecule has 1 heterocycles. The number of ether oxygens (including phenoxy) is 3. The highest BCUT2D eigenvalue weighted by Crippen LogP contribution is 2.50. The summed E-state index contributed by atoms with van der Waals surface area (Å²) in [7, 11) is 1.78. The van der Waals surface area contributed by atoms with E-state index >= 15 is 0 Å². The summed E-state index contributed by atoms with van der Waals surface area (Å²) in [6, 6.07) is 5.94. The number of benzene rings is 1. The topological polar surface area (TPSA) is 78.1 Å². The van der Waals surface area contributed by atoms with E-state index in [0.717, 1.165) is 42.9 Å². The molecule has 1 aliphatic carbocycles. The van der Waals surface area contributed by atoms with Crippen molar-refractivity contribution in [2.45, 2.75) is 51.7 Å². The van der Waals surface area contributed by atoms with Gasteiger partial charge in [0, 0.05) is 30.7 Å². The largest absolute Gasteiger partial charge is 0.490 e. The first-order chi connectivity index (χ1) is 12.1. The van der Waals surface area contributed by atoms with E-state index in [4.69, 9.17) is 24.9 Å². The number of aliphatic imine (C=N–C) groups is 1. The van der Waals surface area contributed by atoms with Crippen molar-refractivity contribution in [3.63, 3.8) is 0 Å². The molecule has 1 aromatic carbocycles. The van der Waals surface area contributed by atoms with Gasteiger partial charge in [0.05, 0.1) is 25.4 Å². The van der Waals surface area contributed by atoms with E-state index in [0.29, 0.717) is 19.2 Å². The van der Waals surface area contributed by atoms with Crippen LogP contribution >= 0.6 is 24.0 Å². The van der Waals surface area contributed by atoms with Crippen LogP contribution in [0.5, 0.6) is 11.5 Å². The summed E-state index contributed by atoms with van der Waals surface area (Å²) in [4.78, 5) is 4.73. The molecule has 0 bridgehead atoms. The van der Waals surface area contributed by atoms with Gasteiger partial charge in [-0.25, -0.2) is 4.99 Å². The Labute approximate surface area is 172 Å². The number of rotatable bonds is 5. The van der Waals surface area contributed by atoms with E-state index in [9.17, 15) is 0 Å². The van der Waals surface area contributed by atoms with Crippen LogP contribution in [-0.4, -0.2) is 38.4 Å². The number of hydrogen-bond donors (Lipinski definition) is 2. The fraction of sp³-hybridized carbons (Fsp3) is 0.632. The lowest BCUT2D eigenvalue weighted by Gasteiger charge is -2.53. The molecule has 0 saturated heterocycles. The normalized spacial score (nSPS) is 24.0. The number of anilines is 1. The van der Waals surface area contributed by atoms with Crippen molar-refractivity contribution in [3.05, 3.63) is 18.2 Å². The summed E-state index contributed by atoms with van der Waals surface area (Å²) in [6.45, 7) is 5.74. The number of nitrogens with two attached hydrogens (primary N) is 1. The second-order valence-electron chi connectivity index (χ2n) is 6.77. The van der Waals surface area contributed by atoms with Gasteiger partial charge in [-0.3, -0.25) is 0 Å². The highest BCUT2D eigenvalue weighted by molar-refractivity contribution is 14.0. The van der Waals surface area contributed by atoms with E-state index in [1.165, 1.54) is 0 Å². The Kier molecular flexibility index (Phi) is 7.40. The Bertz CT molecular complexity index is 634. The predicted molar refractivity (Wildman–Crippen MR) is 115 cm³/mol. The summed E-state index contributed by atoms with van der Waals surface area (Å²) in [6.07, 6.45) is 4.14. The van der Waals surface area contributed by atoms with Crippen molar-refractivity contribution in [3.8, 4) is 11.5 Å². The molecular formula is C19H30IN3O3. The van der Waals surface area contributed by atoms with Gasteiger partial charge in [-0.15, -0.1) is 24.0 Å². The second-order valence-corrected chi connectivity index (χ2v) is 6.77. The number of methoxy groups -OCH3 is 1. The summed E-state index contributed by atoms with van der Waals surface area (Å²) in [5.41, 5.74) is 7.11. The molecule has 0 radical (unpaired) electrons. The first-order valence-corrected chi connectivity index (χ1v) is 9.15. The third-order valence-electron chi connectivity index (χ3n) is 5.66. The molecule has 7 heteroatoms. The smallest absolute Gasteiger partial charge is 0.193 e. The van der Waals surface area contributed by atoms with Gasteiger partial charge in [0.15, 0.2) is 17.5 Å². The monoisotopic (exact) mass is 475 g/mol. The number of nitrogens with one attached hydrogen (secondary N) is 1. The van der Waals surface area contributed by atoms with E-state index in [2.05, 4.69) is 19.2 Å². The van der Waals surface area contributed by atoms with Gasteiger partial charge in [0.2, 0.25) is 0 Å². The number of fused-ring (bicyclic) bond motifs is 1. The molecule has 2 unspecified atom stereocenters. The Hall–Kier alpha value is -1.22. The summed E-state index contributed by atoms with van der Waals surface area (Å²) in [5, 5.41) is 3.18. The van der Waals surface area contributed by atoms with Crippen LogP contribution in [-0.2, 0) is 4.74 Å². The minimum Gasteiger partial charge on any atom is -0.490 e. The predicted octanol–water partition coefficient (Wildman–Crippen LogP) is 3.79. The number of hydrogen-bond acceptors (Lipinski definition) is 4. The highest BCUT2D eigenvalue weighted by atomic mass is 127. The lowest BCUT2D eigenvalue weighted by Crippen LogP contribution is -2.57. The highest BCUT2D eigenvalue weighted by Gasteiger charge is 2.53. The Morgan fingerprint density at radius 1 is 1.27 bits per heavy atom. The van der Waals surface area contributed by atoms with Crippen molar-refractivity contribution in [1.29, 1.82) is 0 Å². The lowest BCUT2D eigenvalue weighted by atomic mass is 9.59. The molecule has 1 aromatic rings. The molecule has 6 nitrogen and oxygen atoms in total. The van der Waals surface area contributed by atoms with E-state index in [1.54, 1.807) is 7.11 Å². The van der Waals surface area contributed by atoms with Crippen molar-refractivity contribution >= 4 is 35.6 Å². The van der Waals surface area contributed by atoms with Crippen molar-refractivity contribution in [1.82, 2.24) is 0 Å². The fourth-order valence-corrected chi connectivity index (χ4v) is 4.00. The molecule has 0 aromatic heterocycles. The molecule has 3 rings (SSSR count). The molecule has 1 fully saturated rings. The zero-order valence-corrected chi connectivity index (χ0v) is 18.1. The number of guanidine groups is 1. The maximum Gasteiger partial charge on any atom is 0.193 e. The molecule has 3 N–H and O–H groups in total. The van der Waals surface area contributed by atoms with Gasteiger partial charge in [0.25, 0.3) is 0 Å². The first-order valence-electron chi connectivity index (χ1n) is 9.15. The van der Waals surface area contributed by atoms with Crippen LogP contribution in [0.15, 0.2) is 23.2 Å². The van der Waals surface area contributed by atoms with Gasteiger partial charge in [-0.05, 0) is 31.4 Å². The molecular weight excluding hydrogens is 445 g/mol. The number of nitrogens with zero attached hydrogens (tertiary/aromatic N) is 1. The summed E-state index contributed by atoms with van der Waals surface area (Å²) in [5.74, 6) is 1.95. The van der Waals surface area contributed by atoms with Crippen molar-refractivity contribution in [2.75, 3.05) is 25.6 Å². The third kappa shape index (κ3) is 4.03. The number of halogens is 1. The van der Waals surface area contributed by atoms with Gasteiger partial charge >= 0.3 is 0 Å². The van der Waals surface area contributed by atoms with E-state index in [-0.39, 0.29) is 41.5 Å². The van der Waals surface area contributed by atoms with Crippen LogP contribution in [0.1, 0.15) is 39.5 Å². The van der Waals surface area contributed by atoms with Crippen LogP contribution in [0.4, 0.5) is 5.69 Å². The van der Waals surface area contributed by atoms with Gasteiger partial charge in [0.1, 0.15) is 0 Å². The summed E-state index contributed by atoms with van der Waals surface area (Å²) < 4.78 is 17.0. The second kappa shape index (κ2) is 9.12. The Balaban J connectivity index is 0.00000243. The maximum atomic E-state index is 6.17. The summed E-state index contributed by atoms with van der Waals surface area (Å²) >= 11 is 0. The fourth-order valence-electron chi connectivity index (χ4n) is 4.00. The Morgan fingerprint density at radius 3 is 2.62 bits per heavy atom. The standard InChI is InChI=1S/C19H29N3O3.HI/c1-4-19(5-2)16(12-17(19)23-3)22-18(20)21-13-7-8-14-15(11-13)25-10-6-9-24-14;/h7-8,11,16-17H,4-6,9-10,12H2,1-3H3,(H3,20,21,22);1H. The maximum absolute atomic E-state index is 6.17. The van der Waals surface area contributed by atoms with Crippen LogP contribution in [0.2, 0.25) is 0 Å². The minimum atomic E-state index is 0. The molecule has 0 spiro atoms. The minimum absolute atomic E-state index is 0. The molecule has 1 aliphatic heterocycles. The third-order valence-corrected chi connectivity index (χ3v) is 5.66. The average molecular weight is 475 g/mol. The first kappa shape index (κ1) is 21.1. The SMILES string of the molecule is CCC1(CC)C(N=C(N)Nc2ccc3c(c2)OCCCO3)CC1OC.I. The molecule has 26 heavy (non-hydrogen) atoms. The van der Waals surface area contributed by atoms with E-state index < -0.39 is 0 Å². The van der Waals surface area contributed by atoms with Crippen LogP contribution in [0, 0.1) is 5.41 Å². The van der Waals surface area contributed by atoms with Crippen molar-refractivity contribution in [2.24, 2.45) is 16.1 Å². The van der Waals surface area contributed by atoms with E-state index in [1.807, 2.05) is 18.2 Å². The molecule has 146 valence electrons. The zero-order chi connectivity index (χ0) is 17.9. The van der Waals surface area contributed by atoms with Gasteiger partial charge < -0.3 is 25.3 Å². The Morgan fingerprint density at radius 2 is 1.96 bits per heavy atom. The van der Waals surface area contributed by atoms with Crippen LogP contribution in [0.3, 0.4) is 0 Å². The quantitative estimate of drug-likeness (QED) is 0.385. The van der Waals surface area contributed by atoms with Gasteiger partial charge in [-0.2, -0.15) is 0 Å². The molecule has 2 aliphatic rings. The van der Waals surface area contributed by atoms with Crippen LogP contribution < -0.4 is 20.5 Å². The lowest BCUT2D eigenvalue weighted by molar-refractivity contribution is -0.111. The van der Waals surface area contributed by atoms with Gasteiger partial charge in [-0.1, -0.05) is 13.8 Å². The van der Waals surface area contributed by atoms with Crippen molar-refractivity contribution < 1.29 is 14.2 Å². The average Bonchev–Trinajstić information content (AvgIpc) is 2.84. The molecule has 2 atom stereocenters.